The number of methoxy groups -OCH3 is 1. The Labute approximate surface area is 109 Å². The van der Waals surface area contributed by atoms with Gasteiger partial charge in [0.25, 0.3) is 0 Å². The third kappa shape index (κ3) is 2.19. The Hall–Kier alpha value is -0.870. The van der Waals surface area contributed by atoms with Crippen molar-refractivity contribution < 1.29 is 4.74 Å². The summed E-state index contributed by atoms with van der Waals surface area (Å²) in [7, 11) is 1.81. The third-order valence-corrected chi connectivity index (χ3v) is 4.47. The van der Waals surface area contributed by atoms with Crippen molar-refractivity contribution in [3.8, 4) is 0 Å². The monoisotopic (exact) mass is 249 g/mol. The first-order valence-corrected chi connectivity index (χ1v) is 7.08. The van der Waals surface area contributed by atoms with Crippen molar-refractivity contribution in [2.24, 2.45) is 0 Å². The van der Waals surface area contributed by atoms with Gasteiger partial charge in [-0.15, -0.1) is 0 Å². The molecule has 1 saturated heterocycles. The van der Waals surface area contributed by atoms with E-state index in [0.29, 0.717) is 24.2 Å². The van der Waals surface area contributed by atoms with Crippen molar-refractivity contribution in [3.05, 3.63) is 18.2 Å². The first-order chi connectivity index (χ1) is 8.78. The highest BCUT2D eigenvalue weighted by molar-refractivity contribution is 5.10. The van der Waals surface area contributed by atoms with Crippen LogP contribution in [0.25, 0.3) is 0 Å². The second kappa shape index (κ2) is 5.02. The number of piperidine rings is 1. The van der Waals surface area contributed by atoms with Gasteiger partial charge in [-0.25, -0.2) is 4.98 Å². The standard InChI is InChI=1S/C14H23N3O/c1-10-4-3-5-13(16-10)14-8-15-9-17(14)11-6-12(7-11)18-2/h8-13,16H,3-7H2,1-2H3. The molecule has 4 heteroatoms. The van der Waals surface area contributed by atoms with E-state index in [1.807, 2.05) is 12.5 Å². The number of imidazole rings is 1. The maximum Gasteiger partial charge on any atom is 0.0951 e. The molecular weight excluding hydrogens is 226 g/mol. The molecule has 1 aromatic rings. The van der Waals surface area contributed by atoms with E-state index in [1.54, 1.807) is 7.11 Å². The van der Waals surface area contributed by atoms with E-state index in [-0.39, 0.29) is 0 Å². The second-order valence-electron chi connectivity index (χ2n) is 5.76. The maximum atomic E-state index is 5.37. The SMILES string of the molecule is COC1CC(n2cncc2C2CCCC(C)N2)C1. The van der Waals surface area contributed by atoms with Crippen LogP contribution in [0.15, 0.2) is 12.5 Å². The molecule has 2 fully saturated rings. The van der Waals surface area contributed by atoms with Crippen LogP contribution in [0.2, 0.25) is 0 Å². The molecule has 0 aromatic carbocycles. The molecule has 0 spiro atoms. The van der Waals surface area contributed by atoms with Crippen LogP contribution in [0.1, 0.15) is 56.8 Å². The van der Waals surface area contributed by atoms with Crippen molar-refractivity contribution in [1.82, 2.24) is 14.9 Å². The van der Waals surface area contributed by atoms with Crippen molar-refractivity contribution in [3.63, 3.8) is 0 Å². The lowest BCUT2D eigenvalue weighted by molar-refractivity contribution is 0.00483. The quantitative estimate of drug-likeness (QED) is 0.894. The lowest BCUT2D eigenvalue weighted by Gasteiger charge is -2.38. The summed E-state index contributed by atoms with van der Waals surface area (Å²) in [6.45, 7) is 2.27. The number of aromatic nitrogens is 2. The maximum absolute atomic E-state index is 5.37. The summed E-state index contributed by atoms with van der Waals surface area (Å²) in [6.07, 6.45) is 10.6. The van der Waals surface area contributed by atoms with E-state index >= 15 is 0 Å². The minimum atomic E-state index is 0.448. The molecule has 4 nitrogen and oxygen atoms in total. The summed E-state index contributed by atoms with van der Waals surface area (Å²) in [5, 5.41) is 3.70. The Morgan fingerprint density at radius 2 is 2.22 bits per heavy atom. The van der Waals surface area contributed by atoms with E-state index in [0.717, 1.165) is 12.8 Å². The first-order valence-electron chi connectivity index (χ1n) is 7.08. The van der Waals surface area contributed by atoms with Gasteiger partial charge < -0.3 is 14.6 Å². The van der Waals surface area contributed by atoms with Crippen LogP contribution < -0.4 is 5.32 Å². The number of nitrogens with one attached hydrogen (secondary N) is 1. The van der Waals surface area contributed by atoms with Gasteiger partial charge in [-0.3, -0.25) is 0 Å². The van der Waals surface area contributed by atoms with Crippen LogP contribution in [0.5, 0.6) is 0 Å². The minimum Gasteiger partial charge on any atom is -0.381 e. The van der Waals surface area contributed by atoms with Gasteiger partial charge in [0.15, 0.2) is 0 Å². The van der Waals surface area contributed by atoms with Gasteiger partial charge >= 0.3 is 0 Å². The van der Waals surface area contributed by atoms with Crippen molar-refractivity contribution in [1.29, 1.82) is 0 Å². The first kappa shape index (κ1) is 12.2. The molecular formula is C14H23N3O. The summed E-state index contributed by atoms with van der Waals surface area (Å²) in [4.78, 5) is 4.36. The van der Waals surface area contributed by atoms with Gasteiger partial charge in [0.05, 0.1) is 18.1 Å². The molecule has 0 amide bonds. The van der Waals surface area contributed by atoms with E-state index in [1.165, 1.54) is 25.0 Å². The second-order valence-corrected chi connectivity index (χ2v) is 5.76. The Bertz CT molecular complexity index is 397. The molecule has 2 aliphatic rings. The molecule has 3 rings (SSSR count). The lowest BCUT2D eigenvalue weighted by Crippen LogP contribution is -2.38. The highest BCUT2D eigenvalue weighted by Gasteiger charge is 2.33. The van der Waals surface area contributed by atoms with Gasteiger partial charge in [0.1, 0.15) is 0 Å². The van der Waals surface area contributed by atoms with Crippen molar-refractivity contribution in [2.75, 3.05) is 7.11 Å². The summed E-state index contributed by atoms with van der Waals surface area (Å²) in [6, 6.07) is 1.70. The molecule has 18 heavy (non-hydrogen) atoms. The zero-order chi connectivity index (χ0) is 12.5. The zero-order valence-corrected chi connectivity index (χ0v) is 11.3. The Morgan fingerprint density at radius 3 is 2.94 bits per heavy atom. The smallest absolute Gasteiger partial charge is 0.0951 e. The van der Waals surface area contributed by atoms with Crippen LogP contribution in [-0.4, -0.2) is 28.8 Å². The predicted molar refractivity (Wildman–Crippen MR) is 70.5 cm³/mol. The van der Waals surface area contributed by atoms with E-state index < -0.39 is 0 Å². The van der Waals surface area contributed by atoms with E-state index in [9.17, 15) is 0 Å². The van der Waals surface area contributed by atoms with Crippen LogP contribution in [-0.2, 0) is 4.74 Å². The minimum absolute atomic E-state index is 0.448. The summed E-state index contributed by atoms with van der Waals surface area (Å²) >= 11 is 0. The normalized spacial score (nSPS) is 36.3. The molecule has 2 heterocycles. The zero-order valence-electron chi connectivity index (χ0n) is 11.3. The van der Waals surface area contributed by atoms with Gasteiger partial charge in [-0.2, -0.15) is 0 Å². The van der Waals surface area contributed by atoms with Gasteiger partial charge in [-0.05, 0) is 39.0 Å². The Morgan fingerprint density at radius 1 is 1.39 bits per heavy atom. The molecule has 0 bridgehead atoms. The fourth-order valence-electron chi connectivity index (χ4n) is 3.22. The fourth-order valence-corrected chi connectivity index (χ4v) is 3.22. The van der Waals surface area contributed by atoms with E-state index in [4.69, 9.17) is 4.74 Å². The van der Waals surface area contributed by atoms with Crippen LogP contribution >= 0.6 is 0 Å². The molecule has 1 aliphatic carbocycles. The molecule has 1 aromatic heterocycles. The van der Waals surface area contributed by atoms with E-state index in [2.05, 4.69) is 21.8 Å². The number of hydrogen-bond donors (Lipinski definition) is 1. The topological polar surface area (TPSA) is 39.1 Å². The molecule has 0 radical (unpaired) electrons. The number of ether oxygens (including phenoxy) is 1. The lowest BCUT2D eigenvalue weighted by atomic mass is 9.88. The van der Waals surface area contributed by atoms with Crippen LogP contribution in [0.4, 0.5) is 0 Å². The molecule has 100 valence electrons. The van der Waals surface area contributed by atoms with Gasteiger partial charge in [0.2, 0.25) is 0 Å². The number of hydrogen-bond acceptors (Lipinski definition) is 3. The number of nitrogens with zero attached hydrogens (tertiary/aromatic N) is 2. The summed E-state index contributed by atoms with van der Waals surface area (Å²) in [5.41, 5.74) is 1.36. The van der Waals surface area contributed by atoms with Gasteiger partial charge in [-0.1, -0.05) is 0 Å². The van der Waals surface area contributed by atoms with Crippen molar-refractivity contribution >= 4 is 0 Å². The molecule has 1 N–H and O–H groups in total. The van der Waals surface area contributed by atoms with Crippen LogP contribution in [0.3, 0.4) is 0 Å². The average molecular weight is 249 g/mol. The highest BCUT2D eigenvalue weighted by Crippen LogP contribution is 2.37. The largest absolute Gasteiger partial charge is 0.381 e. The fraction of sp³-hybridized carbons (Fsp3) is 0.786. The molecule has 2 unspecified atom stereocenters. The number of rotatable bonds is 3. The average Bonchev–Trinajstić information content (AvgIpc) is 2.76. The summed E-state index contributed by atoms with van der Waals surface area (Å²) in [5.74, 6) is 0. The van der Waals surface area contributed by atoms with Crippen LogP contribution in [0, 0.1) is 0 Å². The van der Waals surface area contributed by atoms with Crippen molar-refractivity contribution in [2.45, 2.75) is 63.3 Å². The predicted octanol–water partition coefficient (Wildman–Crippen LogP) is 2.44. The molecule has 1 saturated carbocycles. The molecule has 1 aliphatic heterocycles. The third-order valence-electron chi connectivity index (χ3n) is 4.47. The summed E-state index contributed by atoms with van der Waals surface area (Å²) < 4.78 is 7.73. The molecule has 2 atom stereocenters. The Kier molecular flexibility index (Phi) is 3.39. The Balaban J connectivity index is 1.71. The van der Waals surface area contributed by atoms with Gasteiger partial charge in [0, 0.05) is 31.4 Å². The highest BCUT2D eigenvalue weighted by atomic mass is 16.5.